The van der Waals surface area contributed by atoms with Crippen LogP contribution in [-0.2, 0) is 14.6 Å². The Labute approximate surface area is 117 Å². The number of nitrogens with zero attached hydrogens (tertiary/aromatic N) is 1. The van der Waals surface area contributed by atoms with Gasteiger partial charge in [0.2, 0.25) is 5.91 Å². The van der Waals surface area contributed by atoms with Crippen molar-refractivity contribution in [2.45, 2.75) is 19.4 Å². The minimum atomic E-state index is -3.14. The molecule has 8 heteroatoms. The summed E-state index contributed by atoms with van der Waals surface area (Å²) >= 11 is 5.83. The number of sulfone groups is 1. The molecule has 3 N–H and O–H groups in total. The largest absolute Gasteiger partial charge is 0.322 e. The van der Waals surface area contributed by atoms with Crippen LogP contribution in [0.4, 0.5) is 5.69 Å². The van der Waals surface area contributed by atoms with Crippen molar-refractivity contribution in [3.05, 3.63) is 23.0 Å². The Kier molecular flexibility index (Phi) is 5.28. The topological polar surface area (TPSA) is 102 Å². The molecule has 0 spiro atoms. The Balaban J connectivity index is 2.66. The molecule has 0 fully saturated rings. The fourth-order valence-electron chi connectivity index (χ4n) is 1.34. The number of rotatable bonds is 5. The van der Waals surface area contributed by atoms with E-state index in [9.17, 15) is 13.2 Å². The molecular weight excluding hydrogens is 290 g/mol. The molecule has 1 aromatic rings. The predicted molar refractivity (Wildman–Crippen MR) is 74.9 cm³/mol. The molecule has 1 atom stereocenters. The first-order valence-electron chi connectivity index (χ1n) is 5.55. The van der Waals surface area contributed by atoms with Crippen molar-refractivity contribution >= 4 is 33.0 Å². The Morgan fingerprint density at radius 3 is 2.79 bits per heavy atom. The van der Waals surface area contributed by atoms with Crippen molar-refractivity contribution in [1.29, 1.82) is 0 Å². The molecule has 0 bridgehead atoms. The van der Waals surface area contributed by atoms with Gasteiger partial charge in [-0.25, -0.2) is 13.4 Å². The molecule has 1 aromatic heterocycles. The molecule has 0 radical (unpaired) electrons. The van der Waals surface area contributed by atoms with Gasteiger partial charge in [0.05, 0.1) is 17.5 Å². The molecule has 0 aliphatic carbocycles. The van der Waals surface area contributed by atoms with E-state index in [-0.39, 0.29) is 17.3 Å². The molecule has 0 saturated carbocycles. The normalized spacial score (nSPS) is 13.1. The van der Waals surface area contributed by atoms with Crippen LogP contribution in [0.3, 0.4) is 0 Å². The Morgan fingerprint density at radius 1 is 1.58 bits per heavy atom. The average molecular weight is 306 g/mol. The van der Waals surface area contributed by atoms with Crippen LogP contribution in [0.2, 0.25) is 5.15 Å². The van der Waals surface area contributed by atoms with Crippen LogP contribution in [0.15, 0.2) is 12.3 Å². The number of hydrogen-bond acceptors (Lipinski definition) is 5. The fraction of sp³-hybridized carbons (Fsp3) is 0.455. The minimum Gasteiger partial charge on any atom is -0.322 e. The standard InChI is InChI=1S/C11H16ClN3O3S/c1-7-5-9(10(12)14-6-7)15-11(16)8(13)3-4-19(2,17)18/h5-6,8H,3-4,13H2,1-2H3,(H,15,16). The minimum absolute atomic E-state index is 0.0571. The third-order valence-electron chi connectivity index (χ3n) is 2.37. The first-order chi connectivity index (χ1) is 8.69. The van der Waals surface area contributed by atoms with Gasteiger partial charge in [0.15, 0.2) is 5.15 Å². The summed E-state index contributed by atoms with van der Waals surface area (Å²) in [6.45, 7) is 1.81. The van der Waals surface area contributed by atoms with Crippen molar-refractivity contribution in [3.8, 4) is 0 Å². The number of anilines is 1. The van der Waals surface area contributed by atoms with Gasteiger partial charge in [-0.3, -0.25) is 4.79 Å². The molecule has 1 amide bonds. The number of nitrogens with one attached hydrogen (secondary N) is 1. The SMILES string of the molecule is Cc1cnc(Cl)c(NC(=O)C(N)CCS(C)(=O)=O)c1. The summed E-state index contributed by atoms with van der Waals surface area (Å²) in [7, 11) is -3.14. The number of carbonyl (C=O) groups is 1. The maximum Gasteiger partial charge on any atom is 0.241 e. The Bertz CT molecular complexity index is 575. The van der Waals surface area contributed by atoms with Crippen molar-refractivity contribution in [3.63, 3.8) is 0 Å². The molecule has 6 nitrogen and oxygen atoms in total. The lowest BCUT2D eigenvalue weighted by molar-refractivity contribution is -0.117. The molecule has 1 rings (SSSR count). The second-order valence-corrected chi connectivity index (χ2v) is 6.98. The van der Waals surface area contributed by atoms with Gasteiger partial charge in [0.25, 0.3) is 0 Å². The maximum atomic E-state index is 11.8. The molecule has 19 heavy (non-hydrogen) atoms. The van der Waals surface area contributed by atoms with Crippen LogP contribution in [0, 0.1) is 6.92 Å². The zero-order valence-corrected chi connectivity index (χ0v) is 12.3. The number of carbonyl (C=O) groups excluding carboxylic acids is 1. The number of hydrogen-bond donors (Lipinski definition) is 2. The summed E-state index contributed by atoms with van der Waals surface area (Å²) in [5, 5.41) is 2.70. The van der Waals surface area contributed by atoms with Crippen molar-refractivity contribution in [2.24, 2.45) is 5.73 Å². The second-order valence-electron chi connectivity index (χ2n) is 4.37. The van der Waals surface area contributed by atoms with E-state index in [4.69, 9.17) is 17.3 Å². The van der Waals surface area contributed by atoms with Crippen LogP contribution in [-0.4, -0.2) is 37.4 Å². The first-order valence-corrected chi connectivity index (χ1v) is 7.99. The van der Waals surface area contributed by atoms with Gasteiger partial charge < -0.3 is 11.1 Å². The number of amides is 1. The fourth-order valence-corrected chi connectivity index (χ4v) is 2.17. The first kappa shape index (κ1) is 15.9. The Hall–Kier alpha value is -1.18. The molecular formula is C11H16ClN3O3S. The molecule has 0 aliphatic rings. The van der Waals surface area contributed by atoms with Crippen molar-refractivity contribution < 1.29 is 13.2 Å². The van der Waals surface area contributed by atoms with Crippen molar-refractivity contribution in [2.75, 3.05) is 17.3 Å². The van der Waals surface area contributed by atoms with E-state index in [0.717, 1.165) is 11.8 Å². The summed E-state index contributed by atoms with van der Waals surface area (Å²) in [4.78, 5) is 15.7. The van der Waals surface area contributed by atoms with E-state index in [0.29, 0.717) is 5.69 Å². The zero-order valence-electron chi connectivity index (χ0n) is 10.7. The van der Waals surface area contributed by atoms with Gasteiger partial charge in [-0.1, -0.05) is 11.6 Å². The van der Waals surface area contributed by atoms with Crippen LogP contribution in [0.1, 0.15) is 12.0 Å². The van der Waals surface area contributed by atoms with Gasteiger partial charge in [-0.2, -0.15) is 0 Å². The predicted octanol–water partition coefficient (Wildman–Crippen LogP) is 0.744. The lowest BCUT2D eigenvalue weighted by Gasteiger charge is -2.12. The number of pyridine rings is 1. The van der Waals surface area contributed by atoms with E-state index >= 15 is 0 Å². The van der Waals surface area contributed by atoms with E-state index in [1.807, 2.05) is 6.92 Å². The summed E-state index contributed by atoms with van der Waals surface area (Å²) in [6.07, 6.45) is 2.72. The van der Waals surface area contributed by atoms with Gasteiger partial charge in [0, 0.05) is 12.5 Å². The van der Waals surface area contributed by atoms with E-state index in [1.165, 1.54) is 0 Å². The number of halogens is 1. The van der Waals surface area contributed by atoms with E-state index in [2.05, 4.69) is 10.3 Å². The average Bonchev–Trinajstić information content (AvgIpc) is 2.29. The van der Waals surface area contributed by atoms with Gasteiger partial charge in [-0.05, 0) is 25.0 Å². The highest BCUT2D eigenvalue weighted by molar-refractivity contribution is 7.90. The molecule has 0 aromatic carbocycles. The summed E-state index contributed by atoms with van der Waals surface area (Å²) < 4.78 is 22.0. The number of aromatic nitrogens is 1. The molecule has 0 saturated heterocycles. The zero-order chi connectivity index (χ0) is 14.6. The quantitative estimate of drug-likeness (QED) is 0.781. The highest BCUT2D eigenvalue weighted by Crippen LogP contribution is 2.19. The number of aryl methyl sites for hydroxylation is 1. The van der Waals surface area contributed by atoms with Crippen LogP contribution >= 0.6 is 11.6 Å². The van der Waals surface area contributed by atoms with Crippen LogP contribution in [0.25, 0.3) is 0 Å². The summed E-state index contributed by atoms with van der Waals surface area (Å²) in [5.74, 6) is -0.626. The Morgan fingerprint density at radius 2 is 2.21 bits per heavy atom. The molecule has 1 unspecified atom stereocenters. The molecule has 0 aliphatic heterocycles. The maximum absolute atomic E-state index is 11.8. The lowest BCUT2D eigenvalue weighted by Crippen LogP contribution is -2.37. The van der Waals surface area contributed by atoms with Gasteiger partial charge in [-0.15, -0.1) is 0 Å². The third-order valence-corrected chi connectivity index (χ3v) is 3.65. The van der Waals surface area contributed by atoms with Crippen LogP contribution in [0.5, 0.6) is 0 Å². The van der Waals surface area contributed by atoms with Gasteiger partial charge in [0.1, 0.15) is 9.84 Å². The second kappa shape index (κ2) is 6.31. The highest BCUT2D eigenvalue weighted by Gasteiger charge is 2.17. The highest BCUT2D eigenvalue weighted by atomic mass is 35.5. The van der Waals surface area contributed by atoms with Crippen molar-refractivity contribution in [1.82, 2.24) is 4.98 Å². The molecule has 106 valence electrons. The van der Waals surface area contributed by atoms with Gasteiger partial charge >= 0.3 is 0 Å². The lowest BCUT2D eigenvalue weighted by atomic mass is 10.2. The van der Waals surface area contributed by atoms with E-state index in [1.54, 1.807) is 12.3 Å². The monoisotopic (exact) mass is 305 g/mol. The summed E-state index contributed by atoms with van der Waals surface area (Å²) in [6, 6.07) is 0.752. The van der Waals surface area contributed by atoms with Crippen LogP contribution < -0.4 is 11.1 Å². The number of nitrogens with two attached hydrogens (primary N) is 1. The third kappa shape index (κ3) is 5.54. The molecule has 1 heterocycles. The van der Waals surface area contributed by atoms with E-state index < -0.39 is 21.8 Å². The smallest absolute Gasteiger partial charge is 0.241 e. The summed E-state index contributed by atoms with van der Waals surface area (Å²) in [5.41, 5.74) is 6.82.